The molecule has 7 heteroatoms. The monoisotopic (exact) mass is 365 g/mol. The van der Waals surface area contributed by atoms with Crippen molar-refractivity contribution in [1.29, 1.82) is 0 Å². The van der Waals surface area contributed by atoms with E-state index in [1.54, 1.807) is 0 Å². The molecule has 0 saturated carbocycles. The van der Waals surface area contributed by atoms with Crippen LogP contribution in [0.15, 0.2) is 30.5 Å². The van der Waals surface area contributed by atoms with E-state index in [1.807, 2.05) is 0 Å². The lowest BCUT2D eigenvalue weighted by molar-refractivity contribution is 0.148. The Kier molecular flexibility index (Phi) is 5.20. The summed E-state index contributed by atoms with van der Waals surface area (Å²) in [5, 5.41) is 11.5. The second kappa shape index (κ2) is 7.07. The summed E-state index contributed by atoms with van der Waals surface area (Å²) in [6.07, 6.45) is 1.49. The molecule has 1 saturated heterocycles. The molecule has 138 valence electrons. The van der Waals surface area contributed by atoms with Gasteiger partial charge in [0.05, 0.1) is 11.9 Å². The van der Waals surface area contributed by atoms with E-state index in [-0.39, 0.29) is 11.7 Å². The molecular formula is C18H27N3O3S. The van der Waals surface area contributed by atoms with E-state index >= 15 is 0 Å². The standard InChI is InChI=1S/C18H27N3O3S/c1-4-21-9-8-16-14(6-5-7-17(16)21)10-20-11-15(18(22)12-20)13-25(23,24)19(2)3/h5-9,15,18,22H,4,10-13H2,1-3H3/t15-,18+/m0/s1. The third-order valence-electron chi connectivity index (χ3n) is 5.10. The number of rotatable bonds is 6. The Labute approximate surface area is 149 Å². The van der Waals surface area contributed by atoms with Crippen LogP contribution in [0.5, 0.6) is 0 Å². The molecule has 3 rings (SSSR count). The van der Waals surface area contributed by atoms with E-state index in [1.165, 1.54) is 34.9 Å². The minimum Gasteiger partial charge on any atom is -0.391 e. The Morgan fingerprint density at radius 2 is 2.00 bits per heavy atom. The molecule has 2 aromatic rings. The molecule has 0 radical (unpaired) electrons. The number of benzene rings is 1. The maximum atomic E-state index is 12.1. The highest BCUT2D eigenvalue weighted by Crippen LogP contribution is 2.25. The maximum Gasteiger partial charge on any atom is 0.214 e. The molecule has 2 atom stereocenters. The third-order valence-corrected chi connectivity index (χ3v) is 7.06. The first-order valence-corrected chi connectivity index (χ1v) is 10.3. The van der Waals surface area contributed by atoms with Crippen LogP contribution in [0, 0.1) is 5.92 Å². The number of sulfonamides is 1. The zero-order valence-electron chi connectivity index (χ0n) is 15.1. The van der Waals surface area contributed by atoms with Crippen LogP contribution < -0.4 is 0 Å². The number of β-amino-alcohol motifs (C(OH)–C–C–N with tert-alkyl or cyclic N) is 1. The van der Waals surface area contributed by atoms with Crippen molar-refractivity contribution in [3.63, 3.8) is 0 Å². The number of hydrogen-bond donors (Lipinski definition) is 1. The molecular weight excluding hydrogens is 338 g/mol. The van der Waals surface area contributed by atoms with Gasteiger partial charge in [0, 0.05) is 63.3 Å². The molecule has 0 aliphatic carbocycles. The molecule has 0 amide bonds. The quantitative estimate of drug-likeness (QED) is 0.839. The number of aryl methyl sites for hydroxylation is 1. The minimum absolute atomic E-state index is 0.00587. The van der Waals surface area contributed by atoms with Gasteiger partial charge >= 0.3 is 0 Å². The lowest BCUT2D eigenvalue weighted by Crippen LogP contribution is -2.33. The number of fused-ring (bicyclic) bond motifs is 1. The Morgan fingerprint density at radius 1 is 1.24 bits per heavy atom. The van der Waals surface area contributed by atoms with Crippen molar-refractivity contribution in [1.82, 2.24) is 13.8 Å². The van der Waals surface area contributed by atoms with Crippen molar-refractivity contribution >= 4 is 20.9 Å². The fraction of sp³-hybridized carbons (Fsp3) is 0.556. The van der Waals surface area contributed by atoms with Crippen molar-refractivity contribution in [3.05, 3.63) is 36.0 Å². The zero-order chi connectivity index (χ0) is 18.2. The topological polar surface area (TPSA) is 65.8 Å². The van der Waals surface area contributed by atoms with Crippen molar-refractivity contribution in [2.24, 2.45) is 5.92 Å². The second-order valence-corrected chi connectivity index (χ2v) is 9.26. The lowest BCUT2D eigenvalue weighted by Gasteiger charge is -2.18. The van der Waals surface area contributed by atoms with Gasteiger partial charge in [-0.3, -0.25) is 4.90 Å². The minimum atomic E-state index is -3.30. The molecule has 6 nitrogen and oxygen atoms in total. The number of nitrogens with zero attached hydrogens (tertiary/aromatic N) is 3. The van der Waals surface area contributed by atoms with Gasteiger partial charge in [0.2, 0.25) is 10.0 Å². The molecule has 0 spiro atoms. The van der Waals surface area contributed by atoms with Crippen LogP contribution in [0.2, 0.25) is 0 Å². The van der Waals surface area contributed by atoms with E-state index in [9.17, 15) is 13.5 Å². The fourth-order valence-corrected chi connectivity index (χ4v) is 4.76. The Hall–Kier alpha value is -1.41. The molecule has 25 heavy (non-hydrogen) atoms. The summed E-state index contributed by atoms with van der Waals surface area (Å²) >= 11 is 0. The average molecular weight is 365 g/mol. The Balaban J connectivity index is 1.74. The smallest absolute Gasteiger partial charge is 0.214 e. The molecule has 1 aliphatic rings. The molecule has 1 aliphatic heterocycles. The van der Waals surface area contributed by atoms with Crippen LogP contribution in [0.1, 0.15) is 12.5 Å². The predicted octanol–water partition coefficient (Wildman–Crippen LogP) is 1.35. The zero-order valence-corrected chi connectivity index (χ0v) is 15.9. The van der Waals surface area contributed by atoms with Gasteiger partial charge in [-0.2, -0.15) is 0 Å². The van der Waals surface area contributed by atoms with Gasteiger partial charge in [-0.05, 0) is 24.6 Å². The van der Waals surface area contributed by atoms with Gasteiger partial charge in [-0.15, -0.1) is 0 Å². The number of aliphatic hydroxyl groups is 1. The number of hydrogen-bond acceptors (Lipinski definition) is 4. The second-order valence-electron chi connectivity index (χ2n) is 7.03. The summed E-state index contributed by atoms with van der Waals surface area (Å²) in [5.74, 6) is -0.250. The Morgan fingerprint density at radius 3 is 2.68 bits per heavy atom. The van der Waals surface area contributed by atoms with Crippen LogP contribution in [0.25, 0.3) is 10.9 Å². The van der Waals surface area contributed by atoms with Crippen molar-refractivity contribution in [2.45, 2.75) is 26.1 Å². The van der Waals surface area contributed by atoms with Gasteiger partial charge in [0.25, 0.3) is 0 Å². The summed E-state index contributed by atoms with van der Waals surface area (Å²) in [6.45, 7) is 4.89. The molecule has 0 bridgehead atoms. The molecule has 0 unspecified atom stereocenters. The summed E-state index contributed by atoms with van der Waals surface area (Å²) in [5.41, 5.74) is 2.43. The first-order chi connectivity index (χ1) is 11.8. The van der Waals surface area contributed by atoms with Crippen LogP contribution >= 0.6 is 0 Å². The van der Waals surface area contributed by atoms with Gasteiger partial charge in [-0.1, -0.05) is 12.1 Å². The highest BCUT2D eigenvalue weighted by Gasteiger charge is 2.35. The van der Waals surface area contributed by atoms with Crippen LogP contribution in [-0.2, 0) is 23.1 Å². The average Bonchev–Trinajstić information content (AvgIpc) is 3.11. The molecule has 1 N–H and O–H groups in total. The summed E-state index contributed by atoms with van der Waals surface area (Å²) in [6, 6.07) is 8.42. The highest BCUT2D eigenvalue weighted by atomic mass is 32.2. The molecule has 1 fully saturated rings. The van der Waals surface area contributed by atoms with E-state index in [0.29, 0.717) is 13.1 Å². The summed E-state index contributed by atoms with van der Waals surface area (Å²) < 4.78 is 27.6. The predicted molar refractivity (Wildman–Crippen MR) is 99.9 cm³/mol. The van der Waals surface area contributed by atoms with Gasteiger partial charge in [0.15, 0.2) is 0 Å². The van der Waals surface area contributed by atoms with Crippen LogP contribution in [0.3, 0.4) is 0 Å². The van der Waals surface area contributed by atoms with Crippen LogP contribution in [0.4, 0.5) is 0 Å². The van der Waals surface area contributed by atoms with Crippen LogP contribution in [-0.4, -0.2) is 66.3 Å². The van der Waals surface area contributed by atoms with E-state index in [2.05, 4.69) is 46.9 Å². The largest absolute Gasteiger partial charge is 0.391 e. The molecule has 1 aromatic carbocycles. The maximum absolute atomic E-state index is 12.1. The number of aliphatic hydroxyl groups excluding tert-OH is 1. The van der Waals surface area contributed by atoms with E-state index < -0.39 is 16.1 Å². The van der Waals surface area contributed by atoms with Gasteiger partial charge in [0.1, 0.15) is 0 Å². The molecule has 2 heterocycles. The fourth-order valence-electron chi connectivity index (χ4n) is 3.60. The lowest BCUT2D eigenvalue weighted by atomic mass is 10.1. The number of likely N-dealkylation sites (tertiary alicyclic amines) is 1. The van der Waals surface area contributed by atoms with Crippen molar-refractivity contribution in [2.75, 3.05) is 32.9 Å². The SMILES string of the molecule is CCn1ccc2c(CN3C[C@@H](CS(=O)(=O)N(C)C)[C@H](O)C3)cccc21. The molecule has 1 aromatic heterocycles. The first kappa shape index (κ1) is 18.4. The van der Waals surface area contributed by atoms with Crippen molar-refractivity contribution < 1.29 is 13.5 Å². The first-order valence-electron chi connectivity index (χ1n) is 8.69. The Bertz CT molecular complexity index is 844. The normalized spacial score (nSPS) is 22.3. The van der Waals surface area contributed by atoms with Crippen molar-refractivity contribution in [3.8, 4) is 0 Å². The van der Waals surface area contributed by atoms with E-state index in [4.69, 9.17) is 0 Å². The summed E-state index contributed by atoms with van der Waals surface area (Å²) in [7, 11) is -0.232. The highest BCUT2D eigenvalue weighted by molar-refractivity contribution is 7.89. The number of aromatic nitrogens is 1. The summed E-state index contributed by atoms with van der Waals surface area (Å²) in [4.78, 5) is 2.15. The van der Waals surface area contributed by atoms with Gasteiger partial charge < -0.3 is 9.67 Å². The van der Waals surface area contributed by atoms with Gasteiger partial charge in [-0.25, -0.2) is 12.7 Å². The third kappa shape index (κ3) is 3.74. The van der Waals surface area contributed by atoms with E-state index in [0.717, 1.165) is 13.1 Å².